The molecule has 1 N–H and O–H groups in total. The molecule has 118 valence electrons. The van der Waals surface area contributed by atoms with E-state index in [1.165, 1.54) is 50.6 Å². The van der Waals surface area contributed by atoms with E-state index in [-0.39, 0.29) is 0 Å². The summed E-state index contributed by atoms with van der Waals surface area (Å²) in [5, 5.41) is 4.73. The minimum atomic E-state index is 0.620. The van der Waals surface area contributed by atoms with E-state index in [9.17, 15) is 0 Å². The van der Waals surface area contributed by atoms with Crippen LogP contribution in [0.3, 0.4) is 0 Å². The number of benzene rings is 1. The third-order valence-corrected chi connectivity index (χ3v) is 5.11. The lowest BCUT2D eigenvalue weighted by Gasteiger charge is -2.31. The molecule has 0 amide bonds. The van der Waals surface area contributed by atoms with E-state index in [1.807, 2.05) is 18.2 Å². The minimum Gasteiger partial charge on any atom is -0.313 e. The summed E-state index contributed by atoms with van der Waals surface area (Å²) in [6, 6.07) is 6.63. The fourth-order valence-electron chi connectivity index (χ4n) is 3.04. The van der Waals surface area contributed by atoms with Gasteiger partial charge in [0, 0.05) is 12.6 Å². The average molecular weight is 329 g/mol. The molecule has 1 aromatic carbocycles. The topological polar surface area (TPSA) is 15.3 Å². The molecule has 1 aromatic rings. The fourth-order valence-corrected chi connectivity index (χ4v) is 3.36. The summed E-state index contributed by atoms with van der Waals surface area (Å²) in [7, 11) is 2.27. The van der Waals surface area contributed by atoms with Crippen LogP contribution in [0.15, 0.2) is 18.2 Å². The van der Waals surface area contributed by atoms with Crippen LogP contribution in [0.4, 0.5) is 0 Å². The Morgan fingerprint density at radius 1 is 1.14 bits per heavy atom. The quantitative estimate of drug-likeness (QED) is 0.727. The van der Waals surface area contributed by atoms with Gasteiger partial charge < -0.3 is 10.2 Å². The molecule has 0 atom stereocenters. The summed E-state index contributed by atoms with van der Waals surface area (Å²) in [5.74, 6) is 0. The standard InChI is InChI=1S/C17H26Cl2N2/c1-21(15-6-3-2-4-7-15)11-5-10-20-13-14-8-9-16(18)17(19)12-14/h8-9,12,15,20H,2-7,10-11,13H2,1H3. The largest absolute Gasteiger partial charge is 0.313 e. The molecule has 0 heterocycles. The van der Waals surface area contributed by atoms with Gasteiger partial charge in [0.2, 0.25) is 0 Å². The highest BCUT2D eigenvalue weighted by Crippen LogP contribution is 2.23. The first-order chi connectivity index (χ1) is 10.2. The highest BCUT2D eigenvalue weighted by molar-refractivity contribution is 6.42. The minimum absolute atomic E-state index is 0.620. The normalized spacial score (nSPS) is 16.6. The smallest absolute Gasteiger partial charge is 0.0595 e. The highest BCUT2D eigenvalue weighted by Gasteiger charge is 2.17. The number of nitrogens with zero attached hydrogens (tertiary/aromatic N) is 1. The zero-order valence-electron chi connectivity index (χ0n) is 12.9. The van der Waals surface area contributed by atoms with Crippen molar-refractivity contribution >= 4 is 23.2 Å². The molecule has 1 saturated carbocycles. The Morgan fingerprint density at radius 3 is 2.62 bits per heavy atom. The summed E-state index contributed by atoms with van der Waals surface area (Å²) in [6.07, 6.45) is 8.19. The summed E-state index contributed by atoms with van der Waals surface area (Å²) < 4.78 is 0. The lowest BCUT2D eigenvalue weighted by atomic mass is 9.94. The lowest BCUT2D eigenvalue weighted by Crippen LogP contribution is -2.35. The van der Waals surface area contributed by atoms with Crippen LogP contribution in [-0.2, 0) is 6.54 Å². The number of hydrogen-bond donors (Lipinski definition) is 1. The maximum Gasteiger partial charge on any atom is 0.0595 e. The summed E-state index contributed by atoms with van der Waals surface area (Å²) in [5.41, 5.74) is 1.19. The Labute approximate surface area is 138 Å². The van der Waals surface area contributed by atoms with E-state index in [0.717, 1.165) is 19.1 Å². The van der Waals surface area contributed by atoms with Crippen molar-refractivity contribution in [3.63, 3.8) is 0 Å². The molecule has 4 heteroatoms. The Balaban J connectivity index is 1.60. The van der Waals surface area contributed by atoms with Gasteiger partial charge >= 0.3 is 0 Å². The van der Waals surface area contributed by atoms with Crippen LogP contribution >= 0.6 is 23.2 Å². The summed E-state index contributed by atoms with van der Waals surface area (Å²) in [4.78, 5) is 2.54. The number of nitrogens with one attached hydrogen (secondary N) is 1. The van der Waals surface area contributed by atoms with Crippen molar-refractivity contribution in [2.24, 2.45) is 0 Å². The molecule has 1 aliphatic carbocycles. The molecule has 21 heavy (non-hydrogen) atoms. The average Bonchev–Trinajstić information content (AvgIpc) is 2.51. The third-order valence-electron chi connectivity index (χ3n) is 4.38. The fraction of sp³-hybridized carbons (Fsp3) is 0.647. The molecule has 1 fully saturated rings. The van der Waals surface area contributed by atoms with Gasteiger partial charge in [0.05, 0.1) is 10.0 Å². The van der Waals surface area contributed by atoms with E-state index < -0.39 is 0 Å². The van der Waals surface area contributed by atoms with Gasteiger partial charge in [-0.1, -0.05) is 48.5 Å². The van der Waals surface area contributed by atoms with Crippen molar-refractivity contribution in [2.75, 3.05) is 20.1 Å². The van der Waals surface area contributed by atoms with Gasteiger partial charge in [-0.15, -0.1) is 0 Å². The molecule has 0 aromatic heterocycles. The first kappa shape index (κ1) is 17.1. The van der Waals surface area contributed by atoms with E-state index >= 15 is 0 Å². The van der Waals surface area contributed by atoms with Crippen LogP contribution in [0, 0.1) is 0 Å². The van der Waals surface area contributed by atoms with Crippen LogP contribution in [0.2, 0.25) is 10.0 Å². The first-order valence-corrected chi connectivity index (χ1v) is 8.77. The van der Waals surface area contributed by atoms with Gasteiger partial charge in [0.1, 0.15) is 0 Å². The van der Waals surface area contributed by atoms with Gasteiger partial charge in [0.25, 0.3) is 0 Å². The maximum absolute atomic E-state index is 6.02. The Bertz CT molecular complexity index is 431. The third kappa shape index (κ3) is 5.78. The highest BCUT2D eigenvalue weighted by atomic mass is 35.5. The second-order valence-corrected chi connectivity index (χ2v) is 6.87. The summed E-state index contributed by atoms with van der Waals surface area (Å²) >= 11 is 11.9. The Hall–Kier alpha value is -0.280. The van der Waals surface area contributed by atoms with E-state index in [0.29, 0.717) is 10.0 Å². The second kappa shape index (κ2) is 8.99. The Kier molecular flexibility index (Phi) is 7.31. The van der Waals surface area contributed by atoms with Crippen molar-refractivity contribution in [2.45, 2.75) is 51.1 Å². The Morgan fingerprint density at radius 2 is 1.90 bits per heavy atom. The molecule has 0 unspecified atom stereocenters. The maximum atomic E-state index is 6.02. The lowest BCUT2D eigenvalue weighted by molar-refractivity contribution is 0.189. The zero-order valence-corrected chi connectivity index (χ0v) is 14.4. The van der Waals surface area contributed by atoms with Crippen LogP contribution in [-0.4, -0.2) is 31.1 Å². The van der Waals surface area contributed by atoms with Gasteiger partial charge in [-0.2, -0.15) is 0 Å². The first-order valence-electron chi connectivity index (χ1n) is 8.01. The van der Waals surface area contributed by atoms with Crippen LogP contribution in [0.5, 0.6) is 0 Å². The van der Waals surface area contributed by atoms with Gasteiger partial charge in [0.15, 0.2) is 0 Å². The number of halogens is 2. The molecule has 2 rings (SSSR count). The molecule has 0 aliphatic heterocycles. The van der Waals surface area contributed by atoms with Gasteiger partial charge in [-0.05, 0) is 57.1 Å². The number of rotatable bonds is 7. The molecular weight excluding hydrogens is 303 g/mol. The molecule has 0 radical (unpaired) electrons. The van der Waals surface area contributed by atoms with E-state index in [2.05, 4.69) is 17.3 Å². The van der Waals surface area contributed by atoms with E-state index in [4.69, 9.17) is 23.2 Å². The van der Waals surface area contributed by atoms with Crippen molar-refractivity contribution in [3.05, 3.63) is 33.8 Å². The zero-order chi connectivity index (χ0) is 15.1. The SMILES string of the molecule is CN(CCCNCc1ccc(Cl)c(Cl)c1)C1CCCCC1. The monoisotopic (exact) mass is 328 g/mol. The van der Waals surface area contributed by atoms with Crippen molar-refractivity contribution in [1.82, 2.24) is 10.2 Å². The predicted octanol–water partition coefficient (Wildman–Crippen LogP) is 4.74. The predicted molar refractivity (Wildman–Crippen MR) is 92.3 cm³/mol. The van der Waals surface area contributed by atoms with Crippen LogP contribution < -0.4 is 5.32 Å². The number of hydrogen-bond acceptors (Lipinski definition) is 2. The molecule has 0 spiro atoms. The van der Waals surface area contributed by atoms with Crippen molar-refractivity contribution in [1.29, 1.82) is 0 Å². The van der Waals surface area contributed by atoms with Crippen molar-refractivity contribution in [3.8, 4) is 0 Å². The van der Waals surface area contributed by atoms with Crippen LogP contribution in [0.1, 0.15) is 44.1 Å². The van der Waals surface area contributed by atoms with E-state index in [1.54, 1.807) is 0 Å². The molecule has 1 aliphatic rings. The van der Waals surface area contributed by atoms with Crippen LogP contribution in [0.25, 0.3) is 0 Å². The van der Waals surface area contributed by atoms with Gasteiger partial charge in [-0.3, -0.25) is 0 Å². The van der Waals surface area contributed by atoms with Crippen molar-refractivity contribution < 1.29 is 0 Å². The molecule has 0 saturated heterocycles. The second-order valence-electron chi connectivity index (χ2n) is 6.05. The molecule has 0 bridgehead atoms. The van der Waals surface area contributed by atoms with Gasteiger partial charge in [-0.25, -0.2) is 0 Å². The molecule has 2 nitrogen and oxygen atoms in total. The summed E-state index contributed by atoms with van der Waals surface area (Å²) in [6.45, 7) is 3.07. The molecular formula is C17H26Cl2N2.